The van der Waals surface area contributed by atoms with Crippen LogP contribution in [0.15, 0.2) is 60.0 Å². The van der Waals surface area contributed by atoms with Gasteiger partial charge in [-0.3, -0.25) is 14.8 Å². The number of ether oxygens (including phenoxy) is 1. The number of carboxylic acids is 1. The van der Waals surface area contributed by atoms with Crippen LogP contribution in [0.2, 0.25) is 5.02 Å². The maximum absolute atomic E-state index is 12.1. The van der Waals surface area contributed by atoms with Crippen LogP contribution >= 0.6 is 23.4 Å². The Labute approximate surface area is 226 Å². The van der Waals surface area contributed by atoms with Crippen LogP contribution in [-0.4, -0.2) is 35.3 Å². The number of hydrogen-bond acceptors (Lipinski definition) is 6. The Hall–Kier alpha value is -3.10. The SMILES string of the molecule is CC(C)(C)Sc1c(CC(C)(C)C(=O)O)n(Cc2ccc(Cl)cc2)c2ncc(OCc3cnccn3)cc12. The highest BCUT2D eigenvalue weighted by Gasteiger charge is 2.33. The first-order chi connectivity index (χ1) is 17.4. The summed E-state index contributed by atoms with van der Waals surface area (Å²) in [4.78, 5) is 26.3. The lowest BCUT2D eigenvalue weighted by molar-refractivity contribution is -0.146. The van der Waals surface area contributed by atoms with Gasteiger partial charge in [0.15, 0.2) is 0 Å². The molecule has 0 saturated carbocycles. The van der Waals surface area contributed by atoms with Crippen molar-refractivity contribution in [2.24, 2.45) is 5.41 Å². The van der Waals surface area contributed by atoms with Crippen molar-refractivity contribution < 1.29 is 14.6 Å². The summed E-state index contributed by atoms with van der Waals surface area (Å²) in [6, 6.07) is 9.67. The molecule has 0 amide bonds. The third-order valence-electron chi connectivity index (χ3n) is 5.78. The number of aliphatic carboxylic acids is 1. The topological polar surface area (TPSA) is 90.1 Å². The first kappa shape index (κ1) is 26.9. The van der Waals surface area contributed by atoms with Crippen molar-refractivity contribution in [2.45, 2.75) is 63.8 Å². The number of thioether (sulfide) groups is 1. The van der Waals surface area contributed by atoms with E-state index < -0.39 is 11.4 Å². The highest BCUT2D eigenvalue weighted by atomic mass is 35.5. The molecular weight excluding hydrogens is 508 g/mol. The minimum atomic E-state index is -0.968. The average molecular weight is 539 g/mol. The number of pyridine rings is 1. The molecule has 0 fully saturated rings. The molecule has 0 radical (unpaired) electrons. The number of aromatic nitrogens is 4. The van der Waals surface area contributed by atoms with E-state index in [4.69, 9.17) is 21.3 Å². The molecule has 4 rings (SSSR count). The zero-order chi connectivity index (χ0) is 26.8. The van der Waals surface area contributed by atoms with Crippen LogP contribution in [0.1, 0.15) is 51.6 Å². The molecule has 0 aliphatic carbocycles. The smallest absolute Gasteiger partial charge is 0.309 e. The average Bonchev–Trinajstić information content (AvgIpc) is 3.09. The molecule has 0 aliphatic heterocycles. The number of nitrogens with zero attached hydrogens (tertiary/aromatic N) is 4. The zero-order valence-corrected chi connectivity index (χ0v) is 23.2. The number of carboxylic acid groups (broad SMARTS) is 1. The number of benzene rings is 1. The second-order valence-electron chi connectivity index (χ2n) is 10.6. The number of fused-ring (bicyclic) bond motifs is 1. The molecule has 4 aromatic rings. The lowest BCUT2D eigenvalue weighted by Crippen LogP contribution is -2.28. The maximum Gasteiger partial charge on any atom is 0.309 e. The van der Waals surface area contributed by atoms with Gasteiger partial charge in [-0.05, 0) is 37.6 Å². The van der Waals surface area contributed by atoms with Crippen LogP contribution in [0.25, 0.3) is 11.0 Å². The van der Waals surface area contributed by atoms with Crippen molar-refractivity contribution in [1.82, 2.24) is 19.5 Å². The van der Waals surface area contributed by atoms with Gasteiger partial charge in [-0.2, -0.15) is 0 Å². The van der Waals surface area contributed by atoms with Gasteiger partial charge in [-0.1, -0.05) is 44.5 Å². The Bertz CT molecular complexity index is 1400. The molecule has 0 unspecified atom stereocenters. The molecule has 194 valence electrons. The summed E-state index contributed by atoms with van der Waals surface area (Å²) in [6.45, 7) is 10.8. The summed E-state index contributed by atoms with van der Waals surface area (Å²) >= 11 is 7.83. The van der Waals surface area contributed by atoms with E-state index >= 15 is 0 Å². The van der Waals surface area contributed by atoms with Gasteiger partial charge in [-0.15, -0.1) is 11.8 Å². The number of halogens is 1. The Morgan fingerprint density at radius 1 is 1.08 bits per heavy atom. The van der Waals surface area contributed by atoms with Gasteiger partial charge in [-0.25, -0.2) is 4.98 Å². The molecule has 0 aliphatic rings. The van der Waals surface area contributed by atoms with Gasteiger partial charge in [0.2, 0.25) is 0 Å². The van der Waals surface area contributed by atoms with Crippen LogP contribution in [0.5, 0.6) is 5.75 Å². The summed E-state index contributed by atoms with van der Waals surface area (Å²) in [7, 11) is 0. The molecule has 3 heterocycles. The molecule has 1 aromatic carbocycles. The van der Waals surface area contributed by atoms with Crippen LogP contribution in [0, 0.1) is 5.41 Å². The van der Waals surface area contributed by atoms with E-state index in [1.807, 2.05) is 30.3 Å². The fraction of sp³-hybridized carbons (Fsp3) is 0.357. The van der Waals surface area contributed by atoms with Crippen LogP contribution in [0.3, 0.4) is 0 Å². The molecule has 0 spiro atoms. The van der Waals surface area contributed by atoms with E-state index in [-0.39, 0.29) is 11.4 Å². The van der Waals surface area contributed by atoms with Gasteiger partial charge >= 0.3 is 5.97 Å². The summed E-state index contributed by atoms with van der Waals surface area (Å²) in [6.07, 6.45) is 6.97. The maximum atomic E-state index is 12.1. The Morgan fingerprint density at radius 3 is 2.43 bits per heavy atom. The van der Waals surface area contributed by atoms with Gasteiger partial charge in [0, 0.05) is 51.1 Å². The van der Waals surface area contributed by atoms with Crippen molar-refractivity contribution in [2.75, 3.05) is 0 Å². The first-order valence-electron chi connectivity index (χ1n) is 12.0. The summed E-state index contributed by atoms with van der Waals surface area (Å²) in [5.41, 5.74) is 2.52. The van der Waals surface area contributed by atoms with Crippen molar-refractivity contribution in [1.29, 1.82) is 0 Å². The van der Waals surface area contributed by atoms with Crippen molar-refractivity contribution in [3.05, 3.63) is 77.1 Å². The Balaban J connectivity index is 1.85. The minimum absolute atomic E-state index is 0.113. The van der Waals surface area contributed by atoms with E-state index in [9.17, 15) is 9.90 Å². The highest BCUT2D eigenvalue weighted by Crippen LogP contribution is 2.43. The predicted octanol–water partition coefficient (Wildman–Crippen LogP) is 6.65. The summed E-state index contributed by atoms with van der Waals surface area (Å²) < 4.78 is 8.03. The standard InChI is InChI=1S/C28H31ClN4O3S/c1-27(2,3)37-24-22-12-21(36-17-20-14-30-10-11-31-20)15-32-25(22)33(16-18-6-8-19(29)9-7-18)23(24)13-28(4,5)26(34)35/h6-12,14-15H,13,16-17H2,1-5H3,(H,34,35). The third kappa shape index (κ3) is 6.62. The van der Waals surface area contributed by atoms with E-state index in [0.29, 0.717) is 23.7 Å². The number of rotatable bonds is 9. The molecule has 0 bridgehead atoms. The normalized spacial score (nSPS) is 12.2. The van der Waals surface area contributed by atoms with E-state index in [1.54, 1.807) is 50.4 Å². The molecule has 0 atom stereocenters. The molecule has 9 heteroatoms. The summed E-state index contributed by atoms with van der Waals surface area (Å²) in [5, 5.41) is 11.6. The fourth-order valence-electron chi connectivity index (χ4n) is 3.90. The molecule has 0 saturated heterocycles. The van der Waals surface area contributed by atoms with Crippen molar-refractivity contribution >= 4 is 40.4 Å². The van der Waals surface area contributed by atoms with E-state index in [1.165, 1.54) is 0 Å². The fourth-order valence-corrected chi connectivity index (χ4v) is 5.20. The van der Waals surface area contributed by atoms with E-state index in [2.05, 4.69) is 35.3 Å². The van der Waals surface area contributed by atoms with E-state index in [0.717, 1.165) is 32.9 Å². The third-order valence-corrected chi connectivity index (χ3v) is 7.31. The predicted molar refractivity (Wildman–Crippen MR) is 147 cm³/mol. The molecular formula is C28H31ClN4O3S. The number of hydrogen-bond donors (Lipinski definition) is 1. The highest BCUT2D eigenvalue weighted by molar-refractivity contribution is 8.00. The first-order valence-corrected chi connectivity index (χ1v) is 13.2. The Morgan fingerprint density at radius 2 is 1.81 bits per heavy atom. The second kappa shape index (κ2) is 10.7. The zero-order valence-electron chi connectivity index (χ0n) is 21.7. The molecule has 3 aromatic heterocycles. The van der Waals surface area contributed by atoms with Crippen LogP contribution in [-0.2, 0) is 24.4 Å². The Kier molecular flexibility index (Phi) is 7.80. The van der Waals surface area contributed by atoms with Gasteiger partial charge in [0.25, 0.3) is 0 Å². The van der Waals surface area contributed by atoms with Gasteiger partial charge in [0.1, 0.15) is 18.0 Å². The van der Waals surface area contributed by atoms with Crippen molar-refractivity contribution in [3.63, 3.8) is 0 Å². The van der Waals surface area contributed by atoms with Gasteiger partial charge in [0.05, 0.1) is 23.5 Å². The molecule has 37 heavy (non-hydrogen) atoms. The lowest BCUT2D eigenvalue weighted by Gasteiger charge is -2.24. The second-order valence-corrected chi connectivity index (χ2v) is 12.9. The molecule has 7 nitrogen and oxygen atoms in total. The largest absolute Gasteiger partial charge is 0.486 e. The van der Waals surface area contributed by atoms with Crippen LogP contribution < -0.4 is 4.74 Å². The van der Waals surface area contributed by atoms with Crippen molar-refractivity contribution in [3.8, 4) is 5.75 Å². The quantitative estimate of drug-likeness (QED) is 0.238. The number of carbonyl (C=O) groups is 1. The molecule has 1 N–H and O–H groups in total. The van der Waals surface area contributed by atoms with Crippen LogP contribution in [0.4, 0.5) is 0 Å². The monoisotopic (exact) mass is 538 g/mol. The van der Waals surface area contributed by atoms with Gasteiger partial charge < -0.3 is 14.4 Å². The minimum Gasteiger partial charge on any atom is -0.486 e. The lowest BCUT2D eigenvalue weighted by atomic mass is 9.88. The summed E-state index contributed by atoms with van der Waals surface area (Å²) in [5.74, 6) is -0.231.